The number of nitro groups is 1. The van der Waals surface area contributed by atoms with Gasteiger partial charge in [0.15, 0.2) is 6.10 Å². The van der Waals surface area contributed by atoms with Crippen LogP contribution >= 0.6 is 0 Å². The van der Waals surface area contributed by atoms with E-state index < -0.39 is 46.0 Å². The molecule has 0 fully saturated rings. The number of rotatable bonds is 5. The lowest BCUT2D eigenvalue weighted by Gasteiger charge is -2.17. The lowest BCUT2D eigenvalue weighted by Crippen LogP contribution is -2.30. The predicted octanol–water partition coefficient (Wildman–Crippen LogP) is 3.67. The Balaban J connectivity index is 2.15. The quantitative estimate of drug-likeness (QED) is 0.458. The first-order valence-electron chi connectivity index (χ1n) is 7.90. The Morgan fingerprint density at radius 2 is 1.83 bits per heavy atom. The second-order valence-corrected chi connectivity index (χ2v) is 5.71. The number of amides is 1. The van der Waals surface area contributed by atoms with Crippen LogP contribution in [-0.2, 0) is 15.7 Å². The lowest BCUT2D eigenvalue weighted by atomic mass is 10.1. The van der Waals surface area contributed by atoms with Crippen molar-refractivity contribution in [1.82, 2.24) is 0 Å². The number of anilines is 1. The van der Waals surface area contributed by atoms with E-state index in [1.807, 2.05) is 11.4 Å². The van der Waals surface area contributed by atoms with E-state index in [1.54, 1.807) is 0 Å². The number of benzene rings is 2. The average Bonchev–Trinajstić information content (AvgIpc) is 2.67. The summed E-state index contributed by atoms with van der Waals surface area (Å²) in [5.41, 5.74) is -2.59. The molecular weight excluding hydrogens is 395 g/mol. The molecular formula is C18H12F3N3O5. The first-order chi connectivity index (χ1) is 13.5. The zero-order valence-corrected chi connectivity index (χ0v) is 14.7. The van der Waals surface area contributed by atoms with Gasteiger partial charge in [-0.15, -0.1) is 0 Å². The van der Waals surface area contributed by atoms with Crippen molar-refractivity contribution in [2.75, 3.05) is 5.32 Å². The molecule has 2 aromatic carbocycles. The highest BCUT2D eigenvalue weighted by Gasteiger charge is 2.36. The molecule has 1 N–H and O–H groups in total. The van der Waals surface area contributed by atoms with Crippen molar-refractivity contribution in [3.63, 3.8) is 0 Å². The maximum Gasteiger partial charge on any atom is 0.418 e. The Hall–Kier alpha value is -3.94. The van der Waals surface area contributed by atoms with Gasteiger partial charge >= 0.3 is 12.1 Å². The summed E-state index contributed by atoms with van der Waals surface area (Å²) in [5, 5.41) is 21.4. The highest BCUT2D eigenvalue weighted by molar-refractivity contribution is 5.98. The van der Waals surface area contributed by atoms with Crippen LogP contribution in [0.5, 0.6) is 0 Å². The van der Waals surface area contributed by atoms with Gasteiger partial charge in [-0.3, -0.25) is 14.9 Å². The van der Waals surface area contributed by atoms with Crippen LogP contribution in [0.3, 0.4) is 0 Å². The van der Waals surface area contributed by atoms with E-state index in [9.17, 15) is 32.9 Å². The fraction of sp³-hybridized carbons (Fsp3) is 0.167. The van der Waals surface area contributed by atoms with Crippen LogP contribution in [0.15, 0.2) is 42.5 Å². The molecule has 0 saturated heterocycles. The number of hydrogen-bond acceptors (Lipinski definition) is 6. The van der Waals surface area contributed by atoms with Crippen LogP contribution in [0.4, 0.5) is 24.5 Å². The highest BCUT2D eigenvalue weighted by atomic mass is 19.4. The lowest BCUT2D eigenvalue weighted by molar-refractivity contribution is -0.385. The van der Waals surface area contributed by atoms with Gasteiger partial charge in [0, 0.05) is 12.1 Å². The predicted molar refractivity (Wildman–Crippen MR) is 92.8 cm³/mol. The molecule has 1 atom stereocenters. The van der Waals surface area contributed by atoms with Gasteiger partial charge in [-0.1, -0.05) is 0 Å². The molecule has 0 aliphatic carbocycles. The molecule has 0 spiro atoms. The minimum Gasteiger partial charge on any atom is -0.449 e. The molecule has 2 rings (SSSR count). The normalized spacial score (nSPS) is 11.8. The van der Waals surface area contributed by atoms with Crippen molar-refractivity contribution in [1.29, 1.82) is 5.26 Å². The molecule has 29 heavy (non-hydrogen) atoms. The Morgan fingerprint density at radius 1 is 1.21 bits per heavy atom. The second-order valence-electron chi connectivity index (χ2n) is 5.71. The van der Waals surface area contributed by atoms with Gasteiger partial charge in [0.05, 0.1) is 33.4 Å². The minimum atomic E-state index is -4.96. The van der Waals surface area contributed by atoms with Crippen LogP contribution in [-0.4, -0.2) is 22.9 Å². The fourth-order valence-corrected chi connectivity index (χ4v) is 2.19. The third kappa shape index (κ3) is 5.29. The highest BCUT2D eigenvalue weighted by Crippen LogP contribution is 2.37. The largest absolute Gasteiger partial charge is 0.449 e. The third-order valence-electron chi connectivity index (χ3n) is 3.68. The van der Waals surface area contributed by atoms with Gasteiger partial charge in [0.1, 0.15) is 0 Å². The van der Waals surface area contributed by atoms with Crippen LogP contribution in [0.25, 0.3) is 0 Å². The van der Waals surface area contributed by atoms with Gasteiger partial charge in [-0.05, 0) is 37.3 Å². The van der Waals surface area contributed by atoms with Crippen LogP contribution in [0, 0.1) is 21.4 Å². The monoisotopic (exact) mass is 407 g/mol. The molecule has 0 aliphatic rings. The first-order valence-corrected chi connectivity index (χ1v) is 7.90. The van der Waals surface area contributed by atoms with E-state index >= 15 is 0 Å². The molecule has 0 heterocycles. The van der Waals surface area contributed by atoms with Crippen molar-refractivity contribution >= 4 is 23.3 Å². The number of carbonyl (C=O) groups is 2. The molecule has 8 nitrogen and oxygen atoms in total. The summed E-state index contributed by atoms with van der Waals surface area (Å²) in [5.74, 6) is -1.98. The topological polar surface area (TPSA) is 122 Å². The van der Waals surface area contributed by atoms with Crippen molar-refractivity contribution in [3.8, 4) is 6.07 Å². The third-order valence-corrected chi connectivity index (χ3v) is 3.68. The molecule has 1 amide bonds. The van der Waals surface area contributed by atoms with Crippen molar-refractivity contribution in [3.05, 3.63) is 69.3 Å². The minimum absolute atomic E-state index is 0.0370. The van der Waals surface area contributed by atoms with E-state index in [0.29, 0.717) is 11.6 Å². The van der Waals surface area contributed by atoms with Gasteiger partial charge in [-0.2, -0.15) is 18.4 Å². The fourth-order valence-electron chi connectivity index (χ4n) is 2.19. The number of esters is 1. The number of non-ortho nitro benzene ring substituents is 1. The molecule has 0 radical (unpaired) electrons. The number of hydrogen-bond donors (Lipinski definition) is 1. The van der Waals surface area contributed by atoms with Crippen molar-refractivity contribution in [2.45, 2.75) is 19.2 Å². The summed E-state index contributed by atoms with van der Waals surface area (Å²) in [6.45, 7) is 1.15. The number of halogens is 3. The van der Waals surface area contributed by atoms with Gasteiger partial charge in [-0.25, -0.2) is 4.79 Å². The van der Waals surface area contributed by atoms with E-state index in [0.717, 1.165) is 19.1 Å². The van der Waals surface area contributed by atoms with Crippen molar-refractivity contribution < 1.29 is 32.4 Å². The Kier molecular flexibility index (Phi) is 6.18. The Labute approximate surface area is 161 Å². The van der Waals surface area contributed by atoms with Crippen LogP contribution in [0.1, 0.15) is 28.4 Å². The average molecular weight is 407 g/mol. The standard InChI is InChI=1S/C18H12F3N3O5/c1-10(29-17(26)12-4-2-11(9-22)3-5-12)16(25)23-15-7-6-13(24(27)28)8-14(15)18(19,20)21/h2-8,10H,1H3,(H,23,25). The summed E-state index contributed by atoms with van der Waals surface area (Å²) >= 11 is 0. The number of nitrogens with one attached hydrogen (secondary N) is 1. The molecule has 1 unspecified atom stereocenters. The van der Waals surface area contributed by atoms with E-state index in [1.165, 1.54) is 24.3 Å². The zero-order valence-electron chi connectivity index (χ0n) is 14.7. The number of ether oxygens (including phenoxy) is 1. The first kappa shape index (κ1) is 21.4. The second kappa shape index (κ2) is 8.39. The molecule has 0 bridgehead atoms. The summed E-state index contributed by atoms with van der Waals surface area (Å²) < 4.78 is 44.4. The molecule has 0 aromatic heterocycles. The Bertz CT molecular complexity index is 997. The number of nitriles is 1. The number of alkyl halides is 3. The maximum atomic E-state index is 13.2. The van der Waals surface area contributed by atoms with E-state index in [-0.39, 0.29) is 5.56 Å². The molecule has 150 valence electrons. The summed E-state index contributed by atoms with van der Waals surface area (Å²) in [6, 6.07) is 9.00. The van der Waals surface area contributed by atoms with Crippen molar-refractivity contribution in [2.24, 2.45) is 0 Å². The molecule has 2 aromatic rings. The molecule has 0 aliphatic heterocycles. The van der Waals surface area contributed by atoms with Gasteiger partial charge in [0.2, 0.25) is 0 Å². The van der Waals surface area contributed by atoms with Gasteiger partial charge < -0.3 is 10.1 Å². The number of nitro benzene ring substituents is 1. The van der Waals surface area contributed by atoms with Crippen LogP contribution < -0.4 is 5.32 Å². The molecule has 11 heteroatoms. The molecule has 0 saturated carbocycles. The number of carbonyl (C=O) groups excluding carboxylic acids is 2. The summed E-state index contributed by atoms with van der Waals surface area (Å²) in [6.07, 6.45) is -6.42. The smallest absolute Gasteiger partial charge is 0.418 e. The van der Waals surface area contributed by atoms with E-state index in [2.05, 4.69) is 0 Å². The van der Waals surface area contributed by atoms with Gasteiger partial charge in [0.25, 0.3) is 11.6 Å². The number of nitrogens with zero attached hydrogens (tertiary/aromatic N) is 2. The summed E-state index contributed by atoms with van der Waals surface area (Å²) in [4.78, 5) is 33.9. The van der Waals surface area contributed by atoms with E-state index in [4.69, 9.17) is 10.00 Å². The zero-order chi connectivity index (χ0) is 21.8. The Morgan fingerprint density at radius 3 is 2.34 bits per heavy atom. The maximum absolute atomic E-state index is 13.2. The van der Waals surface area contributed by atoms with Crippen LogP contribution in [0.2, 0.25) is 0 Å². The SMILES string of the molecule is CC(OC(=O)c1ccc(C#N)cc1)C(=O)Nc1ccc([N+](=O)[O-])cc1C(F)(F)F. The summed E-state index contributed by atoms with van der Waals surface area (Å²) in [7, 11) is 0.